The van der Waals surface area contributed by atoms with Gasteiger partial charge in [0.2, 0.25) is 5.91 Å². The number of benzene rings is 1. The van der Waals surface area contributed by atoms with E-state index in [9.17, 15) is 18.0 Å². The molecule has 1 amide bonds. The van der Waals surface area contributed by atoms with Crippen LogP contribution in [0.15, 0.2) is 24.4 Å². The van der Waals surface area contributed by atoms with E-state index < -0.39 is 12.7 Å². The molecule has 9 heteroatoms. The second-order valence-electron chi connectivity index (χ2n) is 9.36. The predicted octanol–water partition coefficient (Wildman–Crippen LogP) is 4.82. The molecule has 1 saturated carbocycles. The van der Waals surface area contributed by atoms with Crippen molar-refractivity contribution in [2.75, 3.05) is 45.3 Å². The number of nitrogens with one attached hydrogen (secondary N) is 2. The van der Waals surface area contributed by atoms with Crippen molar-refractivity contribution in [1.29, 1.82) is 0 Å². The van der Waals surface area contributed by atoms with E-state index in [1.165, 1.54) is 0 Å². The summed E-state index contributed by atoms with van der Waals surface area (Å²) in [7, 11) is 1.61. The number of H-pyrrole nitrogens is 1. The number of hydrogen-bond donors (Lipinski definition) is 2. The Morgan fingerprint density at radius 3 is 2.67 bits per heavy atom. The van der Waals surface area contributed by atoms with Crippen molar-refractivity contribution >= 4 is 22.5 Å². The number of likely N-dealkylation sites (tertiary alicyclic amines) is 1. The minimum atomic E-state index is -4.11. The lowest BCUT2D eigenvalue weighted by Crippen LogP contribution is -2.33. The van der Waals surface area contributed by atoms with Crippen LogP contribution < -0.4 is 10.1 Å². The molecule has 0 unspecified atom stereocenters. The maximum atomic E-state index is 12.6. The Hall–Kier alpha value is -2.26. The normalized spacial score (nSPS) is 23.2. The number of fused-ring (bicyclic) bond motifs is 2. The summed E-state index contributed by atoms with van der Waals surface area (Å²) in [5.41, 5.74) is 1.64. The molecular weight excluding hydrogens is 435 g/mol. The van der Waals surface area contributed by atoms with Crippen molar-refractivity contribution in [3.63, 3.8) is 0 Å². The van der Waals surface area contributed by atoms with Gasteiger partial charge >= 0.3 is 6.18 Å². The van der Waals surface area contributed by atoms with Crippen molar-refractivity contribution in [1.82, 2.24) is 9.88 Å². The maximum absolute atomic E-state index is 12.6. The molecule has 33 heavy (non-hydrogen) atoms. The molecular formula is C24H32F3N3O3. The smallest absolute Gasteiger partial charge is 0.401 e. The van der Waals surface area contributed by atoms with Gasteiger partial charge in [0.05, 0.1) is 18.8 Å². The van der Waals surface area contributed by atoms with Crippen LogP contribution in [0.4, 0.5) is 18.9 Å². The Balaban J connectivity index is 1.24. The summed E-state index contributed by atoms with van der Waals surface area (Å²) < 4.78 is 48.9. The van der Waals surface area contributed by atoms with Crippen molar-refractivity contribution in [3.8, 4) is 5.75 Å². The molecule has 2 N–H and O–H groups in total. The van der Waals surface area contributed by atoms with Crippen molar-refractivity contribution in [2.45, 2.75) is 38.3 Å². The Bertz CT molecular complexity index is 932. The van der Waals surface area contributed by atoms with Crippen molar-refractivity contribution in [2.24, 2.45) is 17.8 Å². The first-order chi connectivity index (χ1) is 15.8. The average Bonchev–Trinajstić information content (AvgIpc) is 3.40. The predicted molar refractivity (Wildman–Crippen MR) is 120 cm³/mol. The van der Waals surface area contributed by atoms with Gasteiger partial charge in [-0.15, -0.1) is 0 Å². The van der Waals surface area contributed by atoms with Crippen LogP contribution >= 0.6 is 0 Å². The van der Waals surface area contributed by atoms with Crippen molar-refractivity contribution < 1.29 is 27.4 Å². The molecule has 2 aliphatic rings. The summed E-state index contributed by atoms with van der Waals surface area (Å²) in [4.78, 5) is 16.9. The van der Waals surface area contributed by atoms with Gasteiger partial charge in [-0.3, -0.25) is 9.69 Å². The number of nitrogens with zero attached hydrogens (tertiary/aromatic N) is 1. The lowest BCUT2D eigenvalue weighted by Gasteiger charge is -2.20. The van der Waals surface area contributed by atoms with Crippen LogP contribution in [-0.2, 0) is 9.53 Å². The van der Waals surface area contributed by atoms with E-state index in [2.05, 4.69) is 10.3 Å². The van der Waals surface area contributed by atoms with Crippen LogP contribution in [0.25, 0.3) is 10.9 Å². The molecule has 1 aliphatic carbocycles. The molecule has 2 fully saturated rings. The number of hydrogen-bond acceptors (Lipinski definition) is 4. The first kappa shape index (κ1) is 23.9. The molecule has 1 aromatic heterocycles. The summed E-state index contributed by atoms with van der Waals surface area (Å²) >= 11 is 0. The molecule has 6 nitrogen and oxygen atoms in total. The zero-order valence-electron chi connectivity index (χ0n) is 18.9. The van der Waals surface area contributed by atoms with Gasteiger partial charge in [0, 0.05) is 50.3 Å². The summed E-state index contributed by atoms with van der Waals surface area (Å²) in [5, 5.41) is 3.83. The van der Waals surface area contributed by atoms with Crippen LogP contribution in [0.3, 0.4) is 0 Å². The quantitative estimate of drug-likeness (QED) is 0.492. The van der Waals surface area contributed by atoms with Gasteiger partial charge in [-0.25, -0.2) is 0 Å². The first-order valence-electron chi connectivity index (χ1n) is 11.6. The van der Waals surface area contributed by atoms with Crippen LogP contribution in [-0.4, -0.2) is 61.9 Å². The maximum Gasteiger partial charge on any atom is 0.401 e. The molecule has 0 bridgehead atoms. The number of aromatic amines is 1. The van der Waals surface area contributed by atoms with Gasteiger partial charge in [-0.05, 0) is 61.6 Å². The van der Waals surface area contributed by atoms with E-state index in [1.807, 2.05) is 18.2 Å². The average molecular weight is 468 g/mol. The Kier molecular flexibility index (Phi) is 7.48. The van der Waals surface area contributed by atoms with Crippen molar-refractivity contribution in [3.05, 3.63) is 24.4 Å². The third kappa shape index (κ3) is 6.41. The van der Waals surface area contributed by atoms with E-state index in [0.717, 1.165) is 41.6 Å². The van der Waals surface area contributed by atoms with E-state index >= 15 is 0 Å². The molecule has 1 aliphatic heterocycles. The minimum absolute atomic E-state index is 0.0557. The lowest BCUT2D eigenvalue weighted by molar-refractivity contribution is -0.144. The minimum Gasteiger partial charge on any atom is -0.494 e. The number of anilines is 1. The van der Waals surface area contributed by atoms with E-state index in [4.69, 9.17) is 9.47 Å². The zero-order chi connectivity index (χ0) is 23.4. The second-order valence-corrected chi connectivity index (χ2v) is 9.36. The van der Waals surface area contributed by atoms with Gasteiger partial charge in [0.1, 0.15) is 5.75 Å². The fraction of sp³-hybridized carbons (Fsp3) is 0.625. The first-order valence-corrected chi connectivity index (χ1v) is 11.6. The fourth-order valence-electron chi connectivity index (χ4n) is 5.37. The number of alkyl halides is 3. The van der Waals surface area contributed by atoms with Crippen LogP contribution in [0.2, 0.25) is 0 Å². The summed E-state index contributed by atoms with van der Waals surface area (Å²) in [6.07, 6.45) is 1.61. The number of halogens is 3. The zero-order valence-corrected chi connectivity index (χ0v) is 18.9. The van der Waals surface area contributed by atoms with Gasteiger partial charge in [-0.2, -0.15) is 13.2 Å². The highest BCUT2D eigenvalue weighted by molar-refractivity contribution is 6.02. The monoisotopic (exact) mass is 467 g/mol. The number of aromatic nitrogens is 1. The molecule has 4 rings (SSSR count). The number of carbonyl (C=O) groups is 1. The molecule has 182 valence electrons. The highest BCUT2D eigenvalue weighted by Crippen LogP contribution is 2.43. The van der Waals surface area contributed by atoms with Crippen LogP contribution in [0.5, 0.6) is 5.75 Å². The molecule has 3 atom stereocenters. The highest BCUT2D eigenvalue weighted by Gasteiger charge is 2.43. The standard InChI is InChI=1S/C24H32F3N3O3/c1-32-7-2-3-23(31)29-22-12-28-21-5-4-19(11-20(21)22)33-8-6-16-9-17-13-30(14-18(17)10-16)15-24(25,26)27/h4-5,11-12,16-18,28H,2-3,6-10,13-15H2,1H3,(H,29,31)/t16-,17-,18+. The van der Waals surface area contributed by atoms with Gasteiger partial charge in [-0.1, -0.05) is 0 Å². The molecule has 2 aromatic rings. The Morgan fingerprint density at radius 2 is 1.97 bits per heavy atom. The van der Waals surface area contributed by atoms with E-state index in [0.29, 0.717) is 56.9 Å². The van der Waals surface area contributed by atoms with Gasteiger partial charge in [0.25, 0.3) is 0 Å². The molecule has 2 heterocycles. The number of methoxy groups -OCH3 is 1. The van der Waals surface area contributed by atoms with E-state index in [-0.39, 0.29) is 5.91 Å². The molecule has 0 radical (unpaired) electrons. The highest BCUT2D eigenvalue weighted by atomic mass is 19.4. The third-order valence-electron chi connectivity index (χ3n) is 6.80. The van der Waals surface area contributed by atoms with Crippen LogP contribution in [0, 0.1) is 17.8 Å². The second kappa shape index (κ2) is 10.3. The number of rotatable bonds is 10. The molecule has 1 aromatic carbocycles. The van der Waals surface area contributed by atoms with E-state index in [1.54, 1.807) is 18.2 Å². The molecule has 0 spiro atoms. The number of ether oxygens (including phenoxy) is 2. The van der Waals surface area contributed by atoms with Crippen LogP contribution in [0.1, 0.15) is 32.1 Å². The fourth-order valence-corrected chi connectivity index (χ4v) is 5.37. The van der Waals surface area contributed by atoms with Gasteiger partial charge < -0.3 is 19.8 Å². The Labute approximate surface area is 191 Å². The SMILES string of the molecule is COCCCC(=O)Nc1c[nH]c2ccc(OCC[C@@H]3C[C@@H]4CN(CC(F)(F)F)C[C@@H]4C3)cc12. The topological polar surface area (TPSA) is 66.6 Å². The summed E-state index contributed by atoms with van der Waals surface area (Å²) in [6, 6.07) is 5.76. The summed E-state index contributed by atoms with van der Waals surface area (Å²) in [5.74, 6) is 1.95. The largest absolute Gasteiger partial charge is 0.494 e. The van der Waals surface area contributed by atoms with Gasteiger partial charge in [0.15, 0.2) is 0 Å². The lowest BCUT2D eigenvalue weighted by atomic mass is 10.0. The number of carbonyl (C=O) groups excluding carboxylic acids is 1. The number of amides is 1. The molecule has 1 saturated heterocycles. The summed E-state index contributed by atoms with van der Waals surface area (Å²) in [6.45, 7) is 1.46. The Morgan fingerprint density at radius 1 is 1.21 bits per heavy atom. The third-order valence-corrected chi connectivity index (χ3v) is 6.80.